The Hall–Kier alpha value is -1.81. The first kappa shape index (κ1) is 15.6. The Labute approximate surface area is 127 Å². The summed E-state index contributed by atoms with van der Waals surface area (Å²) in [6.45, 7) is 0. The normalized spacial score (nSPS) is 12.0. The molecule has 2 aromatic rings. The van der Waals surface area contributed by atoms with Gasteiger partial charge in [0.25, 0.3) is 0 Å². The lowest BCUT2D eigenvalue weighted by Gasteiger charge is -2.14. The van der Waals surface area contributed by atoms with Gasteiger partial charge in [-0.25, -0.2) is 8.78 Å². The number of halogens is 3. The molecule has 0 aliphatic carbocycles. The zero-order valence-electron chi connectivity index (χ0n) is 11.7. The summed E-state index contributed by atoms with van der Waals surface area (Å²) in [7, 11) is 3.06. The number of hydrogen-bond donors (Lipinski definition) is 0. The van der Waals surface area contributed by atoms with Crippen LogP contribution in [0.1, 0.15) is 16.5 Å². The van der Waals surface area contributed by atoms with Crippen LogP contribution in [0.3, 0.4) is 0 Å². The predicted molar refractivity (Wildman–Crippen MR) is 78.2 cm³/mol. The molecule has 5 heteroatoms. The highest BCUT2D eigenvalue weighted by Gasteiger charge is 2.16. The van der Waals surface area contributed by atoms with Crippen molar-refractivity contribution in [3.05, 3.63) is 59.2 Å². The van der Waals surface area contributed by atoms with Gasteiger partial charge in [-0.15, -0.1) is 11.6 Å². The van der Waals surface area contributed by atoms with Crippen molar-refractivity contribution in [2.24, 2.45) is 0 Å². The van der Waals surface area contributed by atoms with E-state index >= 15 is 0 Å². The minimum Gasteiger partial charge on any atom is -0.493 e. The number of benzene rings is 2. The topological polar surface area (TPSA) is 18.5 Å². The molecular weight excluding hydrogens is 298 g/mol. The molecular formula is C16H15ClF2O2. The van der Waals surface area contributed by atoms with Gasteiger partial charge in [0.05, 0.1) is 19.6 Å². The van der Waals surface area contributed by atoms with Crippen molar-refractivity contribution in [3.63, 3.8) is 0 Å². The van der Waals surface area contributed by atoms with Crippen LogP contribution in [0.15, 0.2) is 36.4 Å². The third-order valence-electron chi connectivity index (χ3n) is 3.20. The zero-order chi connectivity index (χ0) is 15.4. The maximum Gasteiger partial charge on any atom is 0.162 e. The Morgan fingerprint density at radius 2 is 1.76 bits per heavy atom. The van der Waals surface area contributed by atoms with Crippen LogP contribution in [-0.2, 0) is 6.42 Å². The molecule has 0 N–H and O–H groups in total. The van der Waals surface area contributed by atoms with Gasteiger partial charge in [0.15, 0.2) is 23.1 Å². The lowest BCUT2D eigenvalue weighted by molar-refractivity contribution is 0.354. The van der Waals surface area contributed by atoms with Gasteiger partial charge in [-0.2, -0.15) is 0 Å². The molecule has 0 aromatic heterocycles. The molecule has 0 radical (unpaired) electrons. The van der Waals surface area contributed by atoms with Crippen LogP contribution in [0.5, 0.6) is 11.5 Å². The summed E-state index contributed by atoms with van der Waals surface area (Å²) < 4.78 is 37.2. The summed E-state index contributed by atoms with van der Waals surface area (Å²) in [5, 5.41) is -0.499. The average Bonchev–Trinajstić information content (AvgIpc) is 2.51. The van der Waals surface area contributed by atoms with Crippen LogP contribution in [0.25, 0.3) is 0 Å². The van der Waals surface area contributed by atoms with Crippen LogP contribution in [0.4, 0.5) is 8.78 Å². The summed E-state index contributed by atoms with van der Waals surface area (Å²) in [5.41, 5.74) is 0.989. The largest absolute Gasteiger partial charge is 0.493 e. The first-order chi connectivity index (χ1) is 10.1. The van der Waals surface area contributed by atoms with Gasteiger partial charge in [0.2, 0.25) is 0 Å². The number of hydrogen-bond acceptors (Lipinski definition) is 2. The fraction of sp³-hybridized carbons (Fsp3) is 0.250. The molecule has 0 heterocycles. The Morgan fingerprint density at radius 3 is 2.43 bits per heavy atom. The van der Waals surface area contributed by atoms with E-state index in [1.54, 1.807) is 18.2 Å². The number of methoxy groups -OCH3 is 2. The van der Waals surface area contributed by atoms with Crippen LogP contribution in [0.2, 0.25) is 0 Å². The van der Waals surface area contributed by atoms with Crippen molar-refractivity contribution in [2.75, 3.05) is 14.2 Å². The molecule has 2 aromatic carbocycles. The molecule has 0 saturated heterocycles. The van der Waals surface area contributed by atoms with Gasteiger partial charge >= 0.3 is 0 Å². The molecule has 0 aliphatic heterocycles. The van der Waals surface area contributed by atoms with Gasteiger partial charge in [-0.05, 0) is 35.7 Å². The SMILES string of the molecule is COc1ccc(C(Cl)Cc2cccc(F)c2F)cc1OC. The fourth-order valence-corrected chi connectivity index (χ4v) is 2.37. The molecule has 1 atom stereocenters. The molecule has 0 saturated carbocycles. The highest BCUT2D eigenvalue weighted by atomic mass is 35.5. The number of alkyl halides is 1. The van der Waals surface area contributed by atoms with Crippen LogP contribution < -0.4 is 9.47 Å². The molecule has 0 aliphatic rings. The third-order valence-corrected chi connectivity index (χ3v) is 3.61. The monoisotopic (exact) mass is 312 g/mol. The summed E-state index contributed by atoms with van der Waals surface area (Å²) in [6, 6.07) is 9.30. The van der Waals surface area contributed by atoms with Gasteiger partial charge in [0, 0.05) is 0 Å². The molecule has 0 spiro atoms. The predicted octanol–water partition coefficient (Wildman–Crippen LogP) is 4.50. The molecule has 2 nitrogen and oxygen atoms in total. The fourth-order valence-electron chi connectivity index (χ4n) is 2.06. The Morgan fingerprint density at radius 1 is 1.05 bits per heavy atom. The van der Waals surface area contributed by atoms with Crippen LogP contribution in [0, 0.1) is 11.6 Å². The van der Waals surface area contributed by atoms with E-state index in [9.17, 15) is 8.78 Å². The Bertz CT molecular complexity index is 632. The molecule has 2 rings (SSSR count). The number of rotatable bonds is 5. The highest BCUT2D eigenvalue weighted by Crippen LogP contribution is 2.34. The van der Waals surface area contributed by atoms with Crippen molar-refractivity contribution in [1.29, 1.82) is 0 Å². The molecule has 112 valence electrons. The lowest BCUT2D eigenvalue weighted by atomic mass is 10.0. The summed E-state index contributed by atoms with van der Waals surface area (Å²) in [6.07, 6.45) is 0.181. The number of ether oxygens (including phenoxy) is 2. The van der Waals surface area contributed by atoms with Crippen molar-refractivity contribution < 1.29 is 18.3 Å². The second-order valence-electron chi connectivity index (χ2n) is 4.50. The van der Waals surface area contributed by atoms with E-state index in [2.05, 4.69) is 0 Å². The molecule has 0 fully saturated rings. The van der Waals surface area contributed by atoms with Gasteiger partial charge in [-0.3, -0.25) is 0 Å². The molecule has 1 unspecified atom stereocenters. The average molecular weight is 313 g/mol. The minimum atomic E-state index is -0.872. The molecule has 0 amide bonds. The lowest BCUT2D eigenvalue weighted by Crippen LogP contribution is -2.01. The van der Waals surface area contributed by atoms with Crippen LogP contribution in [-0.4, -0.2) is 14.2 Å². The quantitative estimate of drug-likeness (QED) is 0.757. The van der Waals surface area contributed by atoms with E-state index in [1.165, 1.54) is 26.4 Å². The van der Waals surface area contributed by atoms with E-state index in [1.807, 2.05) is 0 Å². The second-order valence-corrected chi connectivity index (χ2v) is 5.03. The van der Waals surface area contributed by atoms with E-state index in [-0.39, 0.29) is 12.0 Å². The minimum absolute atomic E-state index is 0.181. The molecule has 0 bridgehead atoms. The van der Waals surface area contributed by atoms with E-state index in [0.29, 0.717) is 11.5 Å². The second kappa shape index (κ2) is 6.76. The van der Waals surface area contributed by atoms with Crippen molar-refractivity contribution in [2.45, 2.75) is 11.8 Å². The van der Waals surface area contributed by atoms with Crippen molar-refractivity contribution >= 4 is 11.6 Å². The highest BCUT2D eigenvalue weighted by molar-refractivity contribution is 6.21. The maximum absolute atomic E-state index is 13.7. The smallest absolute Gasteiger partial charge is 0.162 e. The van der Waals surface area contributed by atoms with Crippen LogP contribution >= 0.6 is 11.6 Å². The first-order valence-electron chi connectivity index (χ1n) is 6.35. The zero-order valence-corrected chi connectivity index (χ0v) is 12.5. The van der Waals surface area contributed by atoms with Gasteiger partial charge < -0.3 is 9.47 Å². The van der Waals surface area contributed by atoms with Crippen molar-refractivity contribution in [3.8, 4) is 11.5 Å². The molecule has 21 heavy (non-hydrogen) atoms. The first-order valence-corrected chi connectivity index (χ1v) is 6.79. The third kappa shape index (κ3) is 3.45. The van der Waals surface area contributed by atoms with Crippen molar-refractivity contribution in [1.82, 2.24) is 0 Å². The Balaban J connectivity index is 2.24. The summed E-state index contributed by atoms with van der Waals surface area (Å²) >= 11 is 6.30. The summed E-state index contributed by atoms with van der Waals surface area (Å²) in [5.74, 6) is -0.602. The maximum atomic E-state index is 13.7. The van der Waals surface area contributed by atoms with E-state index in [4.69, 9.17) is 21.1 Å². The van der Waals surface area contributed by atoms with Gasteiger partial charge in [-0.1, -0.05) is 18.2 Å². The van der Waals surface area contributed by atoms with E-state index < -0.39 is 17.0 Å². The standard InChI is InChI=1S/C16H15ClF2O2/c1-20-14-7-6-10(9-15(14)21-2)12(17)8-11-4-3-5-13(18)16(11)19/h3-7,9,12H,8H2,1-2H3. The van der Waals surface area contributed by atoms with Gasteiger partial charge in [0.1, 0.15) is 0 Å². The summed E-state index contributed by atoms with van der Waals surface area (Å²) in [4.78, 5) is 0. The Kier molecular flexibility index (Phi) is 5.02. The van der Waals surface area contributed by atoms with E-state index in [0.717, 1.165) is 11.6 Å².